The van der Waals surface area contributed by atoms with E-state index >= 15 is 0 Å². The number of tetrazole rings is 1. The second kappa shape index (κ2) is 8.24. The molecule has 1 saturated heterocycles. The van der Waals surface area contributed by atoms with Crippen LogP contribution in [0.4, 0.5) is 10.5 Å². The molecular formula is C23H31N7O3. The molecule has 0 bridgehead atoms. The summed E-state index contributed by atoms with van der Waals surface area (Å²) in [6.07, 6.45) is 2.95. The molecule has 10 heteroatoms. The molecule has 1 aliphatic carbocycles. The first kappa shape index (κ1) is 22.9. The third kappa shape index (κ3) is 4.34. The van der Waals surface area contributed by atoms with Crippen molar-refractivity contribution in [2.75, 3.05) is 11.9 Å². The Morgan fingerprint density at radius 1 is 1.21 bits per heavy atom. The lowest BCUT2D eigenvalue weighted by Crippen LogP contribution is -2.50. The zero-order valence-electron chi connectivity index (χ0n) is 19.8. The predicted molar refractivity (Wildman–Crippen MR) is 122 cm³/mol. The smallest absolute Gasteiger partial charge is 0.324 e. The van der Waals surface area contributed by atoms with Crippen LogP contribution in [0.25, 0.3) is 5.69 Å². The summed E-state index contributed by atoms with van der Waals surface area (Å²) in [5.74, 6) is 0.378. The number of nitrogens with one attached hydrogen (secondary N) is 2. The van der Waals surface area contributed by atoms with Crippen molar-refractivity contribution in [2.45, 2.75) is 65.8 Å². The highest BCUT2D eigenvalue weighted by molar-refractivity contribution is 6.10. The van der Waals surface area contributed by atoms with Crippen LogP contribution in [0.3, 0.4) is 0 Å². The molecule has 2 fully saturated rings. The summed E-state index contributed by atoms with van der Waals surface area (Å²) >= 11 is 0. The second-order valence-electron chi connectivity index (χ2n) is 10.2. The van der Waals surface area contributed by atoms with Crippen LogP contribution < -0.4 is 10.6 Å². The summed E-state index contributed by atoms with van der Waals surface area (Å²) in [6, 6.07) is 4.87. The minimum atomic E-state index is -0.881. The van der Waals surface area contributed by atoms with Crippen molar-refractivity contribution in [2.24, 2.45) is 11.3 Å². The van der Waals surface area contributed by atoms with Crippen molar-refractivity contribution in [3.8, 4) is 5.69 Å². The predicted octanol–water partition coefficient (Wildman–Crippen LogP) is 2.74. The number of carbonyl (C=O) groups is 3. The van der Waals surface area contributed by atoms with Gasteiger partial charge in [0.2, 0.25) is 5.91 Å². The van der Waals surface area contributed by atoms with Crippen molar-refractivity contribution in [3.63, 3.8) is 0 Å². The zero-order chi connectivity index (χ0) is 24.0. The molecule has 2 aromatic rings. The van der Waals surface area contributed by atoms with E-state index in [2.05, 4.69) is 46.9 Å². The molecule has 4 rings (SSSR count). The van der Waals surface area contributed by atoms with Gasteiger partial charge in [0.15, 0.2) is 5.82 Å². The van der Waals surface area contributed by atoms with E-state index in [1.165, 1.54) is 0 Å². The highest BCUT2D eigenvalue weighted by Gasteiger charge is 2.53. The molecule has 2 heterocycles. The Bertz CT molecular complexity index is 1090. The van der Waals surface area contributed by atoms with Crippen LogP contribution in [0.2, 0.25) is 0 Å². The number of amides is 4. The number of anilines is 1. The molecule has 33 heavy (non-hydrogen) atoms. The van der Waals surface area contributed by atoms with Crippen molar-refractivity contribution in [1.82, 2.24) is 30.4 Å². The molecule has 1 aliphatic heterocycles. The maximum Gasteiger partial charge on any atom is 0.325 e. The van der Waals surface area contributed by atoms with Gasteiger partial charge in [0.1, 0.15) is 12.1 Å². The fourth-order valence-corrected chi connectivity index (χ4v) is 4.85. The van der Waals surface area contributed by atoms with Crippen LogP contribution in [0, 0.1) is 25.2 Å². The van der Waals surface area contributed by atoms with Crippen molar-refractivity contribution < 1.29 is 14.4 Å². The largest absolute Gasteiger partial charge is 0.325 e. The van der Waals surface area contributed by atoms with Gasteiger partial charge < -0.3 is 10.6 Å². The van der Waals surface area contributed by atoms with E-state index in [0.717, 1.165) is 29.0 Å². The van der Waals surface area contributed by atoms with E-state index in [4.69, 9.17) is 0 Å². The Labute approximate surface area is 193 Å². The minimum absolute atomic E-state index is 0.167. The maximum atomic E-state index is 13.2. The van der Waals surface area contributed by atoms with Crippen molar-refractivity contribution in [1.29, 1.82) is 0 Å². The number of rotatable bonds is 4. The van der Waals surface area contributed by atoms with E-state index in [1.807, 2.05) is 13.0 Å². The lowest BCUT2D eigenvalue weighted by Gasteiger charge is -2.40. The van der Waals surface area contributed by atoms with Gasteiger partial charge in [-0.3, -0.25) is 14.5 Å². The summed E-state index contributed by atoms with van der Waals surface area (Å²) in [5, 5.41) is 17.2. The highest BCUT2D eigenvalue weighted by atomic mass is 16.2. The number of benzene rings is 1. The summed E-state index contributed by atoms with van der Waals surface area (Å²) in [4.78, 5) is 39.5. The van der Waals surface area contributed by atoms with Gasteiger partial charge in [-0.2, -0.15) is 4.68 Å². The summed E-state index contributed by atoms with van der Waals surface area (Å²) in [6.45, 7) is 9.99. The number of hydrogen-bond donors (Lipinski definition) is 2. The maximum absolute atomic E-state index is 13.2. The molecule has 1 saturated carbocycles. The van der Waals surface area contributed by atoms with Crippen LogP contribution in [0.5, 0.6) is 0 Å². The average Bonchev–Trinajstić information content (AvgIpc) is 3.26. The molecule has 2 N–H and O–H groups in total. The van der Waals surface area contributed by atoms with Gasteiger partial charge in [-0.15, -0.1) is 5.10 Å². The number of urea groups is 1. The lowest BCUT2D eigenvalue weighted by atomic mass is 9.67. The molecule has 1 aromatic carbocycles. The Balaban J connectivity index is 1.43. The van der Waals surface area contributed by atoms with Gasteiger partial charge in [0, 0.05) is 5.69 Å². The normalized spacial score (nSPS) is 23.2. The second-order valence-corrected chi connectivity index (χ2v) is 10.2. The van der Waals surface area contributed by atoms with E-state index in [1.54, 1.807) is 23.7 Å². The number of hydrogen-bond acceptors (Lipinski definition) is 6. The Morgan fingerprint density at radius 3 is 2.52 bits per heavy atom. The lowest BCUT2D eigenvalue weighted by molar-refractivity contribution is -0.135. The first-order valence-corrected chi connectivity index (χ1v) is 11.3. The van der Waals surface area contributed by atoms with E-state index in [-0.39, 0.29) is 17.9 Å². The number of aromatic nitrogens is 4. The van der Waals surface area contributed by atoms with Crippen LogP contribution in [0.15, 0.2) is 18.2 Å². The van der Waals surface area contributed by atoms with Gasteiger partial charge in [0.25, 0.3) is 5.91 Å². The molecule has 1 spiro atoms. The summed E-state index contributed by atoms with van der Waals surface area (Å²) < 4.78 is 1.58. The third-order valence-electron chi connectivity index (χ3n) is 6.96. The number of aryl methyl sites for hydroxylation is 2. The van der Waals surface area contributed by atoms with Gasteiger partial charge in [-0.05, 0) is 79.0 Å². The van der Waals surface area contributed by atoms with Crippen LogP contribution in [-0.4, -0.2) is 55.0 Å². The summed E-state index contributed by atoms with van der Waals surface area (Å²) in [7, 11) is 0. The van der Waals surface area contributed by atoms with Gasteiger partial charge in [-0.25, -0.2) is 4.79 Å². The van der Waals surface area contributed by atoms with E-state index in [9.17, 15) is 14.4 Å². The Morgan fingerprint density at radius 2 is 1.91 bits per heavy atom. The molecule has 0 atom stereocenters. The van der Waals surface area contributed by atoms with Crippen LogP contribution >= 0.6 is 0 Å². The van der Waals surface area contributed by atoms with Crippen LogP contribution in [-0.2, 0) is 9.59 Å². The molecule has 2 aliphatic rings. The first-order valence-electron chi connectivity index (χ1n) is 11.3. The molecule has 0 radical (unpaired) electrons. The zero-order valence-corrected chi connectivity index (χ0v) is 19.8. The third-order valence-corrected chi connectivity index (χ3v) is 6.96. The summed E-state index contributed by atoms with van der Waals surface area (Å²) in [5.41, 5.74) is 1.49. The standard InChI is InChI=1S/C23H31N7O3/c1-14-6-7-17(12-18(14)30-15(2)26-27-28-30)24-19(31)13-29-20(32)23(25-21(29)33)10-8-16(9-11-23)22(3,4)5/h6-7,12,16H,8-11,13H2,1-5H3,(H,24,31)(H,25,33). The molecule has 4 amide bonds. The molecular weight excluding hydrogens is 422 g/mol. The topological polar surface area (TPSA) is 122 Å². The van der Waals surface area contributed by atoms with E-state index in [0.29, 0.717) is 30.3 Å². The van der Waals surface area contributed by atoms with Crippen molar-refractivity contribution in [3.05, 3.63) is 29.6 Å². The van der Waals surface area contributed by atoms with E-state index < -0.39 is 17.5 Å². The van der Waals surface area contributed by atoms with Gasteiger partial charge in [-0.1, -0.05) is 26.8 Å². The molecule has 0 unspecified atom stereocenters. The van der Waals surface area contributed by atoms with Gasteiger partial charge >= 0.3 is 6.03 Å². The molecule has 1 aromatic heterocycles. The Kier molecular flexibility index (Phi) is 5.71. The average molecular weight is 454 g/mol. The first-order chi connectivity index (χ1) is 15.5. The minimum Gasteiger partial charge on any atom is -0.324 e. The number of nitrogens with zero attached hydrogens (tertiary/aromatic N) is 5. The van der Waals surface area contributed by atoms with Crippen LogP contribution in [0.1, 0.15) is 57.8 Å². The SMILES string of the molecule is Cc1ccc(NC(=O)CN2C(=O)NC3(CCC(C(C)(C)C)CC3)C2=O)cc1-n1nnnc1C. The number of imide groups is 1. The molecule has 10 nitrogen and oxygen atoms in total. The molecule has 176 valence electrons. The van der Waals surface area contributed by atoms with Crippen molar-refractivity contribution >= 4 is 23.5 Å². The fraction of sp³-hybridized carbons (Fsp3) is 0.565. The Hall–Kier alpha value is -3.30. The fourth-order valence-electron chi connectivity index (χ4n) is 4.85. The quantitative estimate of drug-likeness (QED) is 0.687. The monoisotopic (exact) mass is 453 g/mol. The highest BCUT2D eigenvalue weighted by Crippen LogP contribution is 2.43. The van der Waals surface area contributed by atoms with Gasteiger partial charge in [0.05, 0.1) is 5.69 Å². The number of carbonyl (C=O) groups excluding carboxylic acids is 3.